The van der Waals surface area contributed by atoms with Gasteiger partial charge in [-0.25, -0.2) is 0 Å². The Bertz CT molecular complexity index is 9430. The lowest BCUT2D eigenvalue weighted by Crippen LogP contribution is -1.87. The molecule has 138 heavy (non-hydrogen) atoms. The average Bonchev–Trinajstić information content (AvgIpc) is 1.56. The van der Waals surface area contributed by atoms with Crippen LogP contribution in [0.2, 0.25) is 0 Å². The molecule has 22 aromatic carbocycles. The van der Waals surface area contributed by atoms with E-state index in [1.165, 1.54) is 50.1 Å². The maximum absolute atomic E-state index is 6.92. The lowest BCUT2D eigenvalue weighted by molar-refractivity contribution is 0.664. The fourth-order valence-electron chi connectivity index (χ4n) is 20.5. The third kappa shape index (κ3) is 14.6. The van der Waals surface area contributed by atoms with Crippen molar-refractivity contribution >= 4 is 132 Å². The van der Waals surface area contributed by atoms with Crippen molar-refractivity contribution in [3.05, 3.63) is 497 Å². The molecule has 0 aliphatic carbocycles. The molecule has 6 nitrogen and oxygen atoms in total. The van der Waals surface area contributed by atoms with Gasteiger partial charge in [0.1, 0.15) is 67.0 Å². The van der Waals surface area contributed by atoms with Crippen molar-refractivity contribution in [2.24, 2.45) is 0 Å². The van der Waals surface area contributed by atoms with Gasteiger partial charge in [-0.05, 0) is 243 Å². The molecule has 0 atom stereocenters. The molecule has 0 radical (unpaired) electrons. The number of hydrogen-bond acceptors (Lipinski definition) is 6. The summed E-state index contributed by atoms with van der Waals surface area (Å²) in [6, 6.07) is 175. The number of rotatable bonds is 13. The fourth-order valence-corrected chi connectivity index (χ4v) is 20.5. The molecule has 6 aromatic heterocycles. The Hall–Kier alpha value is -18.4. The zero-order valence-corrected chi connectivity index (χ0v) is 74.8. The lowest BCUT2D eigenvalue weighted by Gasteiger charge is -2.12. The first-order valence-electron chi connectivity index (χ1n) is 46.8. The highest BCUT2D eigenvalue weighted by atomic mass is 16.4. The van der Waals surface area contributed by atoms with Crippen LogP contribution in [0.25, 0.3) is 276 Å². The second-order valence-corrected chi connectivity index (χ2v) is 35.5. The van der Waals surface area contributed by atoms with E-state index in [4.69, 9.17) is 26.5 Å². The molecular formula is C132H82O6. The third-order valence-corrected chi connectivity index (χ3v) is 27.2. The molecule has 6 heteroatoms. The molecule has 0 saturated carbocycles. The van der Waals surface area contributed by atoms with Gasteiger partial charge < -0.3 is 26.5 Å². The van der Waals surface area contributed by atoms with Gasteiger partial charge in [0.15, 0.2) is 0 Å². The minimum atomic E-state index is 0.840. The van der Waals surface area contributed by atoms with Crippen LogP contribution < -0.4 is 0 Å². The first kappa shape index (κ1) is 80.5. The number of hydrogen-bond donors (Lipinski definition) is 0. The molecule has 0 unspecified atom stereocenters. The quantitative estimate of drug-likeness (QED) is 0.114. The molecule has 28 rings (SSSR count). The molecule has 0 aliphatic rings. The van der Waals surface area contributed by atoms with E-state index in [1.807, 2.05) is 12.1 Å². The first-order chi connectivity index (χ1) is 68.4. The summed E-state index contributed by atoms with van der Waals surface area (Å²) < 4.78 is 40.4. The van der Waals surface area contributed by atoms with Crippen LogP contribution in [-0.4, -0.2) is 0 Å². The van der Waals surface area contributed by atoms with E-state index in [1.54, 1.807) is 0 Å². The zero-order valence-electron chi connectivity index (χ0n) is 74.8. The van der Waals surface area contributed by atoms with Gasteiger partial charge in [-0.2, -0.15) is 0 Å². The summed E-state index contributed by atoms with van der Waals surface area (Å²) in [4.78, 5) is 0. The van der Waals surface area contributed by atoms with Crippen molar-refractivity contribution in [2.45, 2.75) is 0 Å². The van der Waals surface area contributed by atoms with E-state index < -0.39 is 0 Å². The predicted octanol–water partition coefficient (Wildman–Crippen LogP) is 38.1. The zero-order chi connectivity index (χ0) is 91.1. The van der Waals surface area contributed by atoms with Crippen LogP contribution in [0.3, 0.4) is 0 Å². The molecule has 0 aliphatic heterocycles. The number of benzene rings is 22. The fraction of sp³-hybridized carbons (Fsp3) is 0. The second kappa shape index (κ2) is 34.0. The molecule has 6 heterocycles. The van der Waals surface area contributed by atoms with Crippen molar-refractivity contribution in [3.8, 4) is 145 Å². The average molecular weight is 1760 g/mol. The third-order valence-electron chi connectivity index (χ3n) is 27.2. The first-order valence-corrected chi connectivity index (χ1v) is 46.8. The summed E-state index contributed by atoms with van der Waals surface area (Å²) >= 11 is 0. The summed E-state index contributed by atoms with van der Waals surface area (Å²) in [7, 11) is 0. The molecular weight excluding hydrogens is 1680 g/mol. The van der Waals surface area contributed by atoms with Crippen LogP contribution in [0.15, 0.2) is 524 Å². The molecule has 0 N–H and O–H groups in total. The summed E-state index contributed by atoms with van der Waals surface area (Å²) in [5, 5.41) is 13.0. The van der Waals surface area contributed by atoms with Crippen molar-refractivity contribution in [1.29, 1.82) is 0 Å². The van der Waals surface area contributed by atoms with E-state index in [0.717, 1.165) is 226 Å². The largest absolute Gasteiger partial charge is 0.456 e. The second-order valence-electron chi connectivity index (χ2n) is 35.5. The van der Waals surface area contributed by atoms with E-state index in [9.17, 15) is 0 Å². The van der Waals surface area contributed by atoms with Gasteiger partial charge in [-0.3, -0.25) is 0 Å². The SMILES string of the molecule is c1ccc(-c2cc(-c3ccccc3)cc(-c3cc4oc5ccc(-c6ccccc6)cc5c4c4c3oc3ccc(-c5ccccc5)cc34)c2)cc1.c1ccc(-c2ccc(-c3cc4oc5ccc(-c6ccccc6)cc5c4c4c3oc3ccc(-c5ccccc5)cc34)cc2)cc1.c1ccc(-c2cccc(-c3cc4oc5ccc(-c6ccccc6)cc5c4c4c3oc3ccc(-c5ccccc5)cc34)c2)cc1. The monoisotopic (exact) mass is 1760 g/mol. The highest BCUT2D eigenvalue weighted by molar-refractivity contribution is 6.32. The minimum absolute atomic E-state index is 0.840. The Morgan fingerprint density at radius 1 is 0.0942 bits per heavy atom. The molecule has 0 saturated heterocycles. The maximum Gasteiger partial charge on any atom is 0.144 e. The van der Waals surface area contributed by atoms with Crippen LogP contribution in [0, 0.1) is 0 Å². The molecule has 0 bridgehead atoms. The van der Waals surface area contributed by atoms with Gasteiger partial charge in [-0.1, -0.05) is 382 Å². The van der Waals surface area contributed by atoms with Crippen LogP contribution in [0.4, 0.5) is 0 Å². The normalized spacial score (nSPS) is 11.6. The lowest BCUT2D eigenvalue weighted by atomic mass is 9.91. The summed E-state index contributed by atoms with van der Waals surface area (Å²) in [5.74, 6) is 0. The summed E-state index contributed by atoms with van der Waals surface area (Å²) in [5.41, 5.74) is 39.9. The highest BCUT2D eigenvalue weighted by Gasteiger charge is 2.28. The van der Waals surface area contributed by atoms with Crippen molar-refractivity contribution in [1.82, 2.24) is 0 Å². The minimum Gasteiger partial charge on any atom is -0.456 e. The van der Waals surface area contributed by atoms with Crippen LogP contribution in [0.1, 0.15) is 0 Å². The Labute approximate surface area is 794 Å². The van der Waals surface area contributed by atoms with Gasteiger partial charge in [-0.15, -0.1) is 0 Å². The number of furan rings is 6. The standard InChI is InChI=1S/C48H30O2.2C42H26O2/c1-5-13-31(14-6-1)35-21-23-43-41(28-35)46-45(49-43)30-40(48-47(46)42-29-36(22-24-44(42)50-48)32-15-7-2-8-16-32)39-26-37(33-17-9-3-10-18-33)25-38(27-39)34-19-11-4-12-20-34;1-4-11-27(12-5-1)30-17-10-18-33(23-30)34-26-39-40(35-24-31(19-21-37(35)43-39)28-13-6-2-7-14-28)41-36-25-32(29-15-8-3-9-16-29)20-22-38(36)44-42(34)41;1-4-10-27(11-5-1)30-16-18-31(19-17-30)34-26-39-40(35-24-32(20-22-37(35)43-39)28-12-6-2-7-13-28)41-36-25-33(29-14-8-3-9-15-29)21-23-38(36)44-42(34)41/h1-30H;2*1-26H. The smallest absolute Gasteiger partial charge is 0.144 e. The van der Waals surface area contributed by atoms with Crippen LogP contribution >= 0.6 is 0 Å². The topological polar surface area (TPSA) is 78.8 Å². The molecule has 646 valence electrons. The Morgan fingerprint density at radius 2 is 0.268 bits per heavy atom. The van der Waals surface area contributed by atoms with Gasteiger partial charge in [0.2, 0.25) is 0 Å². The molecule has 0 amide bonds. The van der Waals surface area contributed by atoms with Crippen LogP contribution in [0.5, 0.6) is 0 Å². The van der Waals surface area contributed by atoms with E-state index in [2.05, 4.69) is 485 Å². The maximum atomic E-state index is 6.92. The van der Waals surface area contributed by atoms with Gasteiger partial charge in [0.05, 0.1) is 0 Å². The molecule has 28 aromatic rings. The molecule has 0 spiro atoms. The van der Waals surface area contributed by atoms with Gasteiger partial charge in [0.25, 0.3) is 0 Å². The number of fused-ring (bicyclic) bond motifs is 21. The summed E-state index contributed by atoms with van der Waals surface area (Å²) in [6.45, 7) is 0. The predicted molar refractivity (Wildman–Crippen MR) is 574 cm³/mol. The van der Waals surface area contributed by atoms with Crippen molar-refractivity contribution in [2.75, 3.05) is 0 Å². The van der Waals surface area contributed by atoms with E-state index in [0.29, 0.717) is 0 Å². The Balaban J connectivity index is 0.000000107. The Kier molecular flexibility index (Phi) is 19.9. The van der Waals surface area contributed by atoms with Crippen molar-refractivity contribution in [3.63, 3.8) is 0 Å². The van der Waals surface area contributed by atoms with Gasteiger partial charge in [0, 0.05) is 81.3 Å². The van der Waals surface area contributed by atoms with Gasteiger partial charge >= 0.3 is 0 Å². The van der Waals surface area contributed by atoms with E-state index in [-0.39, 0.29) is 0 Å². The highest BCUT2D eigenvalue weighted by Crippen LogP contribution is 2.52. The van der Waals surface area contributed by atoms with E-state index >= 15 is 0 Å². The summed E-state index contributed by atoms with van der Waals surface area (Å²) in [6.07, 6.45) is 0. The molecule has 0 fully saturated rings. The van der Waals surface area contributed by atoms with Crippen molar-refractivity contribution < 1.29 is 26.5 Å². The Morgan fingerprint density at radius 3 is 0.543 bits per heavy atom. The van der Waals surface area contributed by atoms with Crippen LogP contribution in [-0.2, 0) is 0 Å².